The van der Waals surface area contributed by atoms with Crippen LogP contribution in [-0.4, -0.2) is 29.2 Å². The van der Waals surface area contributed by atoms with E-state index in [0.717, 1.165) is 30.4 Å². The van der Waals surface area contributed by atoms with Gasteiger partial charge in [0.25, 0.3) is 0 Å². The van der Waals surface area contributed by atoms with Gasteiger partial charge in [0.1, 0.15) is 23.2 Å². The molecule has 2 fully saturated rings. The number of nitrogens with zero attached hydrogens (tertiary/aromatic N) is 4. The van der Waals surface area contributed by atoms with E-state index in [1.54, 1.807) is 12.4 Å². The summed E-state index contributed by atoms with van der Waals surface area (Å²) in [5.74, 6) is -0.460. The quantitative estimate of drug-likeness (QED) is 0.841. The van der Waals surface area contributed by atoms with E-state index in [1.807, 2.05) is 0 Å². The van der Waals surface area contributed by atoms with Crippen molar-refractivity contribution in [1.29, 1.82) is 5.26 Å². The minimum absolute atomic E-state index is 0.0799. The lowest BCUT2D eigenvalue weighted by Gasteiger charge is -2.33. The minimum Gasteiger partial charge on any atom is -0.487 e. The van der Waals surface area contributed by atoms with Crippen molar-refractivity contribution < 1.29 is 13.5 Å². The summed E-state index contributed by atoms with van der Waals surface area (Å²) in [5, 5.41) is 9.32. The zero-order valence-corrected chi connectivity index (χ0v) is 14.2. The van der Waals surface area contributed by atoms with Crippen LogP contribution in [0.25, 0.3) is 0 Å². The van der Waals surface area contributed by atoms with Crippen LogP contribution in [-0.2, 0) is 5.41 Å². The summed E-state index contributed by atoms with van der Waals surface area (Å²) in [6, 6.07) is 5.68. The van der Waals surface area contributed by atoms with Crippen molar-refractivity contribution in [3.05, 3.63) is 47.9 Å². The predicted octanol–water partition coefficient (Wildman–Crippen LogP) is 3.36. The minimum atomic E-state index is -0.683. The van der Waals surface area contributed by atoms with Crippen molar-refractivity contribution in [2.75, 3.05) is 18.0 Å². The SMILES string of the molecule is N#CC1(c2cncc(N3CCC(Oc4ccc(F)cc4F)CC3)n2)CC1. The Morgan fingerprint density at radius 2 is 1.96 bits per heavy atom. The van der Waals surface area contributed by atoms with E-state index in [2.05, 4.69) is 20.9 Å². The van der Waals surface area contributed by atoms with Crippen LogP contribution in [0.15, 0.2) is 30.6 Å². The van der Waals surface area contributed by atoms with E-state index in [4.69, 9.17) is 4.74 Å². The van der Waals surface area contributed by atoms with Crippen LogP contribution in [0.3, 0.4) is 0 Å². The number of piperidine rings is 1. The Labute approximate surface area is 150 Å². The summed E-state index contributed by atoms with van der Waals surface area (Å²) in [5.41, 5.74) is 0.286. The summed E-state index contributed by atoms with van der Waals surface area (Å²) in [6.07, 6.45) is 6.32. The Balaban J connectivity index is 1.39. The van der Waals surface area contributed by atoms with Gasteiger partial charge in [-0.1, -0.05) is 0 Å². The molecule has 2 aliphatic rings. The highest BCUT2D eigenvalue weighted by atomic mass is 19.1. The van der Waals surface area contributed by atoms with Crippen LogP contribution in [0.1, 0.15) is 31.4 Å². The zero-order chi connectivity index (χ0) is 18.1. The Morgan fingerprint density at radius 3 is 2.62 bits per heavy atom. The van der Waals surface area contributed by atoms with E-state index in [1.165, 1.54) is 12.1 Å². The van der Waals surface area contributed by atoms with Crippen LogP contribution in [0, 0.1) is 23.0 Å². The molecular weight excluding hydrogens is 338 g/mol. The molecule has 0 bridgehead atoms. The third kappa shape index (κ3) is 3.19. The van der Waals surface area contributed by atoms with Gasteiger partial charge in [-0.25, -0.2) is 13.8 Å². The number of ether oxygens (including phenoxy) is 1. The number of halogens is 2. The molecule has 0 amide bonds. The molecule has 2 heterocycles. The lowest BCUT2D eigenvalue weighted by molar-refractivity contribution is 0.163. The highest BCUT2D eigenvalue weighted by molar-refractivity contribution is 5.41. The summed E-state index contributed by atoms with van der Waals surface area (Å²) in [6.45, 7) is 1.40. The summed E-state index contributed by atoms with van der Waals surface area (Å²) < 4.78 is 32.4. The number of nitriles is 1. The maximum Gasteiger partial charge on any atom is 0.167 e. The first-order chi connectivity index (χ1) is 12.6. The zero-order valence-electron chi connectivity index (χ0n) is 14.2. The second-order valence-electron chi connectivity index (χ2n) is 6.84. The largest absolute Gasteiger partial charge is 0.487 e. The molecule has 4 rings (SSSR count). The molecule has 1 saturated carbocycles. The van der Waals surface area contributed by atoms with Crippen LogP contribution in [0.4, 0.5) is 14.6 Å². The fourth-order valence-electron chi connectivity index (χ4n) is 3.24. The average Bonchev–Trinajstić information content (AvgIpc) is 3.46. The molecular formula is C19H18F2N4O. The number of hydrogen-bond donors (Lipinski definition) is 0. The highest BCUT2D eigenvalue weighted by Crippen LogP contribution is 2.46. The summed E-state index contributed by atoms with van der Waals surface area (Å²) >= 11 is 0. The van der Waals surface area contributed by atoms with Gasteiger partial charge < -0.3 is 9.64 Å². The first kappa shape index (κ1) is 16.7. The van der Waals surface area contributed by atoms with Crippen molar-refractivity contribution in [2.45, 2.75) is 37.2 Å². The Bertz CT molecular complexity index is 855. The van der Waals surface area contributed by atoms with E-state index in [9.17, 15) is 14.0 Å². The second-order valence-corrected chi connectivity index (χ2v) is 6.84. The smallest absolute Gasteiger partial charge is 0.167 e. The molecule has 1 aromatic carbocycles. The Hall–Kier alpha value is -2.75. The molecule has 1 aromatic heterocycles. The molecule has 5 nitrogen and oxygen atoms in total. The van der Waals surface area contributed by atoms with Crippen molar-refractivity contribution >= 4 is 5.82 Å². The number of rotatable bonds is 4. The molecule has 0 spiro atoms. The topological polar surface area (TPSA) is 62.0 Å². The van der Waals surface area contributed by atoms with Gasteiger partial charge in [-0.05, 0) is 25.0 Å². The average molecular weight is 356 g/mol. The fraction of sp³-hybridized carbons (Fsp3) is 0.421. The molecule has 1 saturated heterocycles. The first-order valence-electron chi connectivity index (χ1n) is 8.70. The summed E-state index contributed by atoms with van der Waals surface area (Å²) in [7, 11) is 0. The van der Waals surface area contributed by atoms with Crippen molar-refractivity contribution in [3.8, 4) is 11.8 Å². The second kappa shape index (κ2) is 6.52. The van der Waals surface area contributed by atoms with E-state index in [-0.39, 0.29) is 11.9 Å². The molecule has 7 heteroatoms. The van der Waals surface area contributed by atoms with Crippen LogP contribution in [0.5, 0.6) is 5.75 Å². The predicted molar refractivity (Wildman–Crippen MR) is 90.8 cm³/mol. The normalized spacial score (nSPS) is 19.0. The van der Waals surface area contributed by atoms with Gasteiger partial charge in [0.15, 0.2) is 11.6 Å². The van der Waals surface area contributed by atoms with Gasteiger partial charge in [-0.3, -0.25) is 4.98 Å². The third-order valence-electron chi connectivity index (χ3n) is 5.03. The number of benzene rings is 1. The Morgan fingerprint density at radius 1 is 1.19 bits per heavy atom. The summed E-state index contributed by atoms with van der Waals surface area (Å²) in [4.78, 5) is 11.0. The molecule has 1 aliphatic heterocycles. The number of hydrogen-bond acceptors (Lipinski definition) is 5. The number of aromatic nitrogens is 2. The molecule has 0 N–H and O–H groups in total. The van der Waals surface area contributed by atoms with Crippen LogP contribution < -0.4 is 9.64 Å². The lowest BCUT2D eigenvalue weighted by atomic mass is 10.1. The van der Waals surface area contributed by atoms with Crippen molar-refractivity contribution in [1.82, 2.24) is 9.97 Å². The first-order valence-corrected chi connectivity index (χ1v) is 8.70. The molecule has 0 radical (unpaired) electrons. The van der Waals surface area contributed by atoms with Gasteiger partial charge in [0.2, 0.25) is 0 Å². The van der Waals surface area contributed by atoms with Gasteiger partial charge in [0.05, 0.1) is 24.2 Å². The van der Waals surface area contributed by atoms with E-state index < -0.39 is 17.0 Å². The van der Waals surface area contributed by atoms with Gasteiger partial charge >= 0.3 is 0 Å². The van der Waals surface area contributed by atoms with Crippen LogP contribution in [0.2, 0.25) is 0 Å². The standard InChI is InChI=1S/C19H18F2N4O/c20-13-1-2-16(15(21)9-13)26-14-3-7-25(8-4-14)18-11-23-10-17(24-18)19(12-22)5-6-19/h1-2,9-11,14H,3-8H2. The van der Waals surface area contributed by atoms with Crippen molar-refractivity contribution in [2.24, 2.45) is 0 Å². The maximum atomic E-state index is 13.7. The van der Waals surface area contributed by atoms with Crippen molar-refractivity contribution in [3.63, 3.8) is 0 Å². The molecule has 134 valence electrons. The van der Waals surface area contributed by atoms with E-state index >= 15 is 0 Å². The fourth-order valence-corrected chi connectivity index (χ4v) is 3.24. The van der Waals surface area contributed by atoms with Gasteiger partial charge in [0, 0.05) is 32.0 Å². The molecule has 2 aromatic rings. The number of anilines is 1. The van der Waals surface area contributed by atoms with Crippen LogP contribution >= 0.6 is 0 Å². The van der Waals surface area contributed by atoms with E-state index in [0.29, 0.717) is 25.9 Å². The van der Waals surface area contributed by atoms with Gasteiger partial charge in [-0.15, -0.1) is 0 Å². The lowest BCUT2D eigenvalue weighted by Crippen LogP contribution is -2.39. The monoisotopic (exact) mass is 356 g/mol. The molecule has 26 heavy (non-hydrogen) atoms. The molecule has 1 aliphatic carbocycles. The Kier molecular flexibility index (Phi) is 4.19. The molecule has 0 unspecified atom stereocenters. The highest BCUT2D eigenvalue weighted by Gasteiger charge is 2.47. The molecule has 0 atom stereocenters. The maximum absolute atomic E-state index is 13.7. The third-order valence-corrected chi connectivity index (χ3v) is 5.03. The van der Waals surface area contributed by atoms with Gasteiger partial charge in [-0.2, -0.15) is 5.26 Å².